The molecule has 0 aliphatic carbocycles. The molecule has 0 bridgehead atoms. The van der Waals surface area contributed by atoms with Gasteiger partial charge in [-0.05, 0) is 74.9 Å². The van der Waals surface area contributed by atoms with E-state index in [1.165, 1.54) is 34.9 Å². The number of ether oxygens (including phenoxy) is 1. The number of amides is 3. The number of carboxylic acid groups (broad SMARTS) is 1. The highest BCUT2D eigenvalue weighted by Crippen LogP contribution is 2.58. The quantitative estimate of drug-likeness (QED) is 0.0868. The van der Waals surface area contributed by atoms with E-state index in [0.29, 0.717) is 17.5 Å². The van der Waals surface area contributed by atoms with Crippen LogP contribution >= 0.6 is 54.6 Å². The Morgan fingerprint density at radius 3 is 1.92 bits per heavy atom. The van der Waals surface area contributed by atoms with Crippen LogP contribution in [-0.2, 0) is 19.1 Å². The van der Waals surface area contributed by atoms with E-state index in [9.17, 15) is 29.4 Å². The van der Waals surface area contributed by atoms with Gasteiger partial charge in [-0.1, -0.05) is 72.3 Å². The van der Waals surface area contributed by atoms with Crippen LogP contribution < -0.4 is 26.5 Å². The van der Waals surface area contributed by atoms with Crippen molar-refractivity contribution in [2.24, 2.45) is 0 Å². The van der Waals surface area contributed by atoms with Crippen molar-refractivity contribution in [2.45, 2.75) is 43.8 Å². The van der Waals surface area contributed by atoms with E-state index in [4.69, 9.17) is 16.3 Å². The Bertz CT molecular complexity index is 1940. The van der Waals surface area contributed by atoms with Crippen molar-refractivity contribution in [3.8, 4) is 5.75 Å². The fourth-order valence-corrected chi connectivity index (χ4v) is 12.5. The summed E-state index contributed by atoms with van der Waals surface area (Å²) in [6.45, 7) is 5.02. The van der Waals surface area contributed by atoms with E-state index in [0.717, 1.165) is 15.9 Å². The Balaban J connectivity index is 0.00000541. The standard InChI is InChI=1S/C39H37ClN3O7PS.HI/c1-39(2,3)50-38(49)42-31(24-19-20-30(44)29(40)21-24)34(45)41-32-35(46)43-33(37(47)48)25(23-52-36(32)43)22-51(26-13-7-4-8-14-26,27-15-9-5-10-16-27)28-17-11-6-12-18-28;/h4-21,31-32,36H,22-23H2,1-3H3,(H3-,41,42,44,45,47,48,49);1H/p+1/t31?,32-,36+;/m1./s1. The highest BCUT2D eigenvalue weighted by molar-refractivity contribution is 14.0. The number of thioether (sulfide) groups is 1. The summed E-state index contributed by atoms with van der Waals surface area (Å²) in [5.41, 5.74) is -0.0813. The Morgan fingerprint density at radius 2 is 1.45 bits per heavy atom. The van der Waals surface area contributed by atoms with Gasteiger partial charge in [-0.15, -0.1) is 35.7 Å². The van der Waals surface area contributed by atoms with Gasteiger partial charge in [-0.2, -0.15) is 0 Å². The number of nitrogens with one attached hydrogen (secondary N) is 2. The summed E-state index contributed by atoms with van der Waals surface area (Å²) in [7, 11) is -2.49. The van der Waals surface area contributed by atoms with Crippen molar-refractivity contribution in [2.75, 3.05) is 11.9 Å². The molecular formula is C39H39ClIN3O7PS+. The third-order valence-electron chi connectivity index (χ3n) is 8.79. The largest absolute Gasteiger partial charge is 0.506 e. The van der Waals surface area contributed by atoms with Gasteiger partial charge in [0.2, 0.25) is 5.91 Å². The van der Waals surface area contributed by atoms with Crippen molar-refractivity contribution in [3.63, 3.8) is 0 Å². The van der Waals surface area contributed by atoms with Crippen molar-refractivity contribution < 1.29 is 34.1 Å². The van der Waals surface area contributed by atoms with Gasteiger partial charge >= 0.3 is 12.1 Å². The van der Waals surface area contributed by atoms with Crippen molar-refractivity contribution in [1.82, 2.24) is 15.5 Å². The maximum Gasteiger partial charge on any atom is 0.408 e. The number of hydrogen-bond donors (Lipinski definition) is 4. The number of rotatable bonds is 10. The summed E-state index contributed by atoms with van der Waals surface area (Å²) >= 11 is 7.52. The number of carbonyl (C=O) groups excluding carboxylic acids is 3. The minimum absolute atomic E-state index is 0. The number of hydrogen-bond acceptors (Lipinski definition) is 7. The van der Waals surface area contributed by atoms with Crippen molar-refractivity contribution >= 4 is 94.4 Å². The molecule has 0 radical (unpaired) electrons. The first-order chi connectivity index (χ1) is 24.8. The van der Waals surface area contributed by atoms with Crippen LogP contribution in [0.3, 0.4) is 0 Å². The van der Waals surface area contributed by atoms with Gasteiger partial charge in [-0.25, -0.2) is 9.59 Å². The lowest BCUT2D eigenvalue weighted by atomic mass is 10.0. The molecule has 3 atom stereocenters. The Hall–Kier alpha value is -4.10. The minimum Gasteiger partial charge on any atom is -0.506 e. The second-order valence-electron chi connectivity index (χ2n) is 13.4. The van der Waals surface area contributed by atoms with E-state index < -0.39 is 54.2 Å². The Kier molecular flexibility index (Phi) is 12.5. The summed E-state index contributed by atoms with van der Waals surface area (Å²) in [5, 5.41) is 28.4. The molecule has 1 saturated heterocycles. The van der Waals surface area contributed by atoms with Crippen LogP contribution in [0.2, 0.25) is 5.02 Å². The molecule has 2 heterocycles. The molecule has 3 amide bonds. The van der Waals surface area contributed by atoms with E-state index >= 15 is 0 Å². The maximum atomic E-state index is 13.9. The number of phenols is 1. The molecule has 2 aliphatic rings. The summed E-state index contributed by atoms with van der Waals surface area (Å²) < 4.78 is 5.37. The number of carboxylic acids is 1. The van der Waals surface area contributed by atoms with Crippen LogP contribution in [0.1, 0.15) is 32.4 Å². The monoisotopic (exact) mass is 886 g/mol. The van der Waals surface area contributed by atoms with E-state index in [-0.39, 0.29) is 46.0 Å². The van der Waals surface area contributed by atoms with Gasteiger partial charge in [-0.3, -0.25) is 14.5 Å². The molecular weight excluding hydrogens is 848 g/mol. The Labute approximate surface area is 334 Å². The molecule has 6 rings (SSSR count). The topological polar surface area (TPSA) is 145 Å². The predicted molar refractivity (Wildman–Crippen MR) is 220 cm³/mol. The SMILES string of the molecule is CC(C)(C)OC(=O)NC(C(=O)N[C@@H]1C(=O)N2C(C(=O)O)=C(C[P+](c3ccccc3)(c3ccccc3)c3ccccc3)CS[C@@H]12)c1ccc(O)c(Cl)c1.I. The van der Waals surface area contributed by atoms with Gasteiger partial charge in [0.1, 0.15) is 57.7 Å². The molecule has 276 valence electrons. The third kappa shape index (κ3) is 8.36. The smallest absolute Gasteiger partial charge is 0.408 e. The number of halogens is 2. The van der Waals surface area contributed by atoms with Crippen LogP contribution in [0, 0.1) is 0 Å². The summed E-state index contributed by atoms with van der Waals surface area (Å²) in [4.78, 5) is 54.8. The number of nitrogens with zero attached hydrogens (tertiary/aromatic N) is 1. The van der Waals surface area contributed by atoms with Crippen LogP contribution in [0.4, 0.5) is 4.79 Å². The van der Waals surface area contributed by atoms with Crippen LogP contribution in [0.25, 0.3) is 0 Å². The molecule has 0 saturated carbocycles. The highest BCUT2D eigenvalue weighted by atomic mass is 127. The van der Waals surface area contributed by atoms with E-state index in [2.05, 4.69) is 47.0 Å². The zero-order valence-corrected chi connectivity index (χ0v) is 33.9. The zero-order chi connectivity index (χ0) is 37.2. The summed E-state index contributed by atoms with van der Waals surface area (Å²) in [5.74, 6) is -2.45. The van der Waals surface area contributed by atoms with Gasteiger partial charge < -0.3 is 25.6 Å². The number of carbonyl (C=O) groups is 4. The average Bonchev–Trinajstić information content (AvgIpc) is 3.13. The molecule has 0 spiro atoms. The van der Waals surface area contributed by atoms with E-state index in [1.807, 2.05) is 54.6 Å². The molecule has 2 aliphatic heterocycles. The molecule has 10 nitrogen and oxygen atoms in total. The van der Waals surface area contributed by atoms with Gasteiger partial charge in [0.05, 0.1) is 11.2 Å². The van der Waals surface area contributed by atoms with Gasteiger partial charge in [0.15, 0.2) is 0 Å². The second kappa shape index (κ2) is 16.5. The molecule has 1 unspecified atom stereocenters. The number of fused-ring (bicyclic) bond motifs is 1. The first-order valence-corrected chi connectivity index (χ1v) is 19.9. The average molecular weight is 887 g/mol. The van der Waals surface area contributed by atoms with E-state index in [1.54, 1.807) is 20.8 Å². The molecule has 4 aromatic rings. The number of aromatic hydroxyl groups is 1. The number of aliphatic carboxylic acids is 1. The second-order valence-corrected chi connectivity index (χ2v) is 18.4. The normalized spacial score (nSPS) is 17.4. The maximum absolute atomic E-state index is 13.9. The first kappa shape index (κ1) is 40.1. The summed E-state index contributed by atoms with van der Waals surface area (Å²) in [6, 6.07) is 31.9. The Morgan fingerprint density at radius 1 is 0.925 bits per heavy atom. The molecule has 53 heavy (non-hydrogen) atoms. The lowest BCUT2D eigenvalue weighted by molar-refractivity contribution is -0.151. The lowest BCUT2D eigenvalue weighted by Crippen LogP contribution is -2.71. The number of β-lactam (4-membered cyclic amide) rings is 1. The first-order valence-electron chi connectivity index (χ1n) is 16.5. The fraction of sp³-hybridized carbons (Fsp3) is 0.231. The van der Waals surface area contributed by atoms with Gasteiger partial charge in [0.25, 0.3) is 5.91 Å². The van der Waals surface area contributed by atoms with Crippen LogP contribution in [0.15, 0.2) is 120 Å². The lowest BCUT2D eigenvalue weighted by Gasteiger charge is -2.49. The minimum atomic E-state index is -2.49. The number of alkyl carbamates (subject to hydrolysis) is 1. The van der Waals surface area contributed by atoms with Crippen molar-refractivity contribution in [1.29, 1.82) is 0 Å². The number of phenolic OH excluding ortho intramolecular Hbond substituents is 1. The molecule has 1 fully saturated rings. The molecule has 4 aromatic carbocycles. The zero-order valence-electron chi connectivity index (χ0n) is 29.1. The van der Waals surface area contributed by atoms with Crippen LogP contribution in [0.5, 0.6) is 5.75 Å². The molecule has 4 N–H and O–H groups in total. The van der Waals surface area contributed by atoms with Gasteiger partial charge in [0, 0.05) is 11.3 Å². The number of benzene rings is 4. The predicted octanol–water partition coefficient (Wildman–Crippen LogP) is 5.96. The fourth-order valence-electron chi connectivity index (χ4n) is 6.52. The molecule has 0 aromatic heterocycles. The van der Waals surface area contributed by atoms with Crippen LogP contribution in [-0.4, -0.2) is 67.9 Å². The molecule has 14 heteroatoms. The highest BCUT2D eigenvalue weighted by Gasteiger charge is 2.56. The third-order valence-corrected chi connectivity index (χ3v) is 14.8. The summed E-state index contributed by atoms with van der Waals surface area (Å²) in [6.07, 6.45) is -0.496. The van der Waals surface area contributed by atoms with Crippen molar-refractivity contribution in [3.05, 3.63) is 131 Å².